The van der Waals surface area contributed by atoms with Crippen molar-refractivity contribution in [3.8, 4) is 5.75 Å². The molecule has 0 unspecified atom stereocenters. The maximum atomic E-state index is 14.3. The number of carbonyl (C=O) groups is 1. The quantitative estimate of drug-likeness (QED) is 0.117. The predicted molar refractivity (Wildman–Crippen MR) is 162 cm³/mol. The third-order valence-corrected chi connectivity index (χ3v) is 7.08. The number of ether oxygens (including phenoxy) is 2. The zero-order chi connectivity index (χ0) is 29.8. The Labute approximate surface area is 246 Å². The van der Waals surface area contributed by atoms with Crippen LogP contribution in [0.25, 0.3) is 10.4 Å². The first-order valence-corrected chi connectivity index (χ1v) is 14.1. The van der Waals surface area contributed by atoms with Crippen LogP contribution in [0, 0.1) is 0 Å². The summed E-state index contributed by atoms with van der Waals surface area (Å²) in [6, 6.07) is 24.7. The molecule has 0 spiro atoms. The Morgan fingerprint density at radius 3 is 2.48 bits per heavy atom. The second-order valence-electron chi connectivity index (χ2n) is 10.4. The zero-order valence-electron chi connectivity index (χ0n) is 24.1. The number of hydrogen-bond donors (Lipinski definition) is 2. The fraction of sp³-hybridized carbons (Fsp3) is 0.375. The average Bonchev–Trinajstić information content (AvgIpc) is 3.40. The number of aliphatic hydroxyl groups excluding tert-OH is 1. The minimum Gasteiger partial charge on any atom is -0.494 e. The molecule has 0 saturated carbocycles. The molecule has 220 valence electrons. The molecule has 42 heavy (non-hydrogen) atoms. The molecule has 2 atom stereocenters. The van der Waals surface area contributed by atoms with Gasteiger partial charge in [0, 0.05) is 36.5 Å². The molecule has 10 heteroatoms. The highest BCUT2D eigenvalue weighted by molar-refractivity contribution is 6.01. The molecule has 2 N–H and O–H groups in total. The molecule has 0 bridgehead atoms. The fourth-order valence-corrected chi connectivity index (χ4v) is 4.94. The highest BCUT2D eigenvalue weighted by atomic mass is 16.5. The molecule has 4 rings (SSSR count). The lowest BCUT2D eigenvalue weighted by atomic mass is 9.81. The molecule has 0 radical (unpaired) electrons. The summed E-state index contributed by atoms with van der Waals surface area (Å²) in [6.07, 6.45) is 0.877. The van der Waals surface area contributed by atoms with Crippen molar-refractivity contribution in [3.63, 3.8) is 0 Å². The van der Waals surface area contributed by atoms with Gasteiger partial charge in [0.2, 0.25) is 5.90 Å². The Balaban J connectivity index is 1.76. The maximum absolute atomic E-state index is 14.3. The average molecular weight is 571 g/mol. The molecule has 3 aromatic carbocycles. The number of nitrogens with zero attached hydrogens (tertiary/aromatic N) is 5. The van der Waals surface area contributed by atoms with Crippen LogP contribution in [0.15, 0.2) is 89.0 Å². The lowest BCUT2D eigenvalue weighted by Crippen LogP contribution is -2.50. The molecule has 0 aromatic heterocycles. The van der Waals surface area contributed by atoms with Crippen LogP contribution in [0.5, 0.6) is 5.75 Å². The first-order valence-electron chi connectivity index (χ1n) is 14.1. The number of amides is 1. The summed E-state index contributed by atoms with van der Waals surface area (Å²) in [5, 5.41) is 16.0. The van der Waals surface area contributed by atoms with E-state index in [1.807, 2.05) is 93.0 Å². The highest BCUT2D eigenvalue weighted by Gasteiger charge is 2.53. The van der Waals surface area contributed by atoms with Crippen LogP contribution in [0.2, 0.25) is 0 Å². The van der Waals surface area contributed by atoms with Crippen molar-refractivity contribution in [2.45, 2.75) is 37.5 Å². The molecule has 0 fully saturated rings. The highest BCUT2D eigenvalue weighted by Crippen LogP contribution is 2.43. The van der Waals surface area contributed by atoms with E-state index in [0.29, 0.717) is 31.2 Å². The smallest absolute Gasteiger partial charge is 0.252 e. The van der Waals surface area contributed by atoms with Gasteiger partial charge in [0.05, 0.1) is 13.2 Å². The van der Waals surface area contributed by atoms with Crippen molar-refractivity contribution >= 4 is 11.8 Å². The van der Waals surface area contributed by atoms with Crippen molar-refractivity contribution < 1.29 is 19.4 Å². The Bertz CT molecular complexity index is 1390. The van der Waals surface area contributed by atoms with Gasteiger partial charge >= 0.3 is 0 Å². The van der Waals surface area contributed by atoms with Gasteiger partial charge in [-0.05, 0) is 73.5 Å². The molecule has 1 heterocycles. The monoisotopic (exact) mass is 570 g/mol. The van der Waals surface area contributed by atoms with Gasteiger partial charge < -0.3 is 24.8 Å². The third-order valence-electron chi connectivity index (χ3n) is 7.08. The van der Waals surface area contributed by atoms with Gasteiger partial charge in [-0.3, -0.25) is 4.79 Å². The van der Waals surface area contributed by atoms with Crippen LogP contribution in [0.4, 0.5) is 0 Å². The van der Waals surface area contributed by atoms with Crippen molar-refractivity contribution in [2.24, 2.45) is 10.1 Å². The summed E-state index contributed by atoms with van der Waals surface area (Å²) in [4.78, 5) is 24.4. The number of rotatable bonds is 15. The summed E-state index contributed by atoms with van der Waals surface area (Å²) < 4.78 is 12.3. The SMILES string of the molecule is CN(C)CCCNC(=O)[C@]1(Cc2ccccc2CN=[N+]=[N-])N=C(c2ccc(OCCCO)cc2)O[C@@H]1c1ccccc1. The van der Waals surface area contributed by atoms with Gasteiger partial charge in [-0.1, -0.05) is 59.7 Å². The largest absolute Gasteiger partial charge is 0.494 e. The van der Waals surface area contributed by atoms with Gasteiger partial charge in [-0.2, -0.15) is 0 Å². The van der Waals surface area contributed by atoms with Crippen LogP contribution in [0.3, 0.4) is 0 Å². The normalized spacial score (nSPS) is 17.7. The molecular formula is C32H38N6O4. The first-order chi connectivity index (χ1) is 20.5. The Kier molecular flexibility index (Phi) is 10.9. The van der Waals surface area contributed by atoms with Crippen molar-refractivity contribution in [3.05, 3.63) is 112 Å². The molecule has 0 saturated heterocycles. The topological polar surface area (TPSA) is 132 Å². The van der Waals surface area contributed by atoms with E-state index >= 15 is 0 Å². The van der Waals surface area contributed by atoms with E-state index in [0.717, 1.165) is 35.2 Å². The van der Waals surface area contributed by atoms with Crippen molar-refractivity contribution in [2.75, 3.05) is 40.4 Å². The first kappa shape index (κ1) is 30.6. The van der Waals surface area contributed by atoms with Crippen molar-refractivity contribution in [1.82, 2.24) is 10.2 Å². The number of benzene rings is 3. The molecule has 10 nitrogen and oxygen atoms in total. The fourth-order valence-electron chi connectivity index (χ4n) is 4.94. The zero-order valence-corrected chi connectivity index (χ0v) is 24.1. The van der Waals surface area contributed by atoms with E-state index in [1.165, 1.54) is 0 Å². The Hall–Kier alpha value is -4.37. The van der Waals surface area contributed by atoms with E-state index in [-0.39, 0.29) is 25.5 Å². The Morgan fingerprint density at radius 2 is 1.79 bits per heavy atom. The lowest BCUT2D eigenvalue weighted by molar-refractivity contribution is -0.128. The predicted octanol–water partition coefficient (Wildman–Crippen LogP) is 4.83. The molecule has 1 aliphatic heterocycles. The van der Waals surface area contributed by atoms with E-state index in [2.05, 4.69) is 20.2 Å². The number of nitrogens with one attached hydrogen (secondary N) is 1. The van der Waals surface area contributed by atoms with Gasteiger partial charge in [0.25, 0.3) is 5.91 Å². The number of aliphatic imine (C=N–C) groups is 1. The summed E-state index contributed by atoms with van der Waals surface area (Å²) in [5.74, 6) is 0.802. The standard InChI is InChI=1S/C32H38N6O4/c1-38(2)19-8-18-34-31(40)32(22-26-12-6-7-13-27(26)23-35-37-33)29(24-10-4-3-5-11-24)42-30(36-32)25-14-16-28(17-15-25)41-21-9-20-39/h3-7,10-17,29,39H,8-9,18-23H2,1-2H3,(H,34,40)/t29-,32-/m1/s1. The Morgan fingerprint density at radius 1 is 1.07 bits per heavy atom. The van der Waals surface area contributed by atoms with E-state index < -0.39 is 11.6 Å². The van der Waals surface area contributed by atoms with Gasteiger partial charge in [-0.25, -0.2) is 4.99 Å². The van der Waals surface area contributed by atoms with Gasteiger partial charge in [0.1, 0.15) is 5.75 Å². The summed E-state index contributed by atoms with van der Waals surface area (Å²) in [5.41, 5.74) is 10.9. The molecular weight excluding hydrogens is 532 g/mol. The minimum absolute atomic E-state index is 0.0644. The van der Waals surface area contributed by atoms with Crippen LogP contribution in [0.1, 0.15) is 41.2 Å². The van der Waals surface area contributed by atoms with E-state index in [1.54, 1.807) is 0 Å². The summed E-state index contributed by atoms with van der Waals surface area (Å²) in [6.45, 7) is 1.97. The second-order valence-corrected chi connectivity index (χ2v) is 10.4. The maximum Gasteiger partial charge on any atom is 0.252 e. The molecule has 1 amide bonds. The van der Waals surface area contributed by atoms with E-state index in [9.17, 15) is 4.79 Å². The molecule has 3 aromatic rings. The lowest BCUT2D eigenvalue weighted by Gasteiger charge is -2.31. The van der Waals surface area contributed by atoms with Crippen LogP contribution in [-0.2, 0) is 22.5 Å². The summed E-state index contributed by atoms with van der Waals surface area (Å²) in [7, 11) is 4.00. The third kappa shape index (κ3) is 7.67. The number of hydrogen-bond acceptors (Lipinski definition) is 7. The van der Waals surface area contributed by atoms with Crippen molar-refractivity contribution in [1.29, 1.82) is 0 Å². The van der Waals surface area contributed by atoms with E-state index in [4.69, 9.17) is 25.1 Å². The summed E-state index contributed by atoms with van der Waals surface area (Å²) >= 11 is 0. The van der Waals surface area contributed by atoms with Crippen LogP contribution in [-0.4, -0.2) is 67.7 Å². The van der Waals surface area contributed by atoms with Gasteiger partial charge in [-0.15, -0.1) is 0 Å². The number of carbonyl (C=O) groups excluding carboxylic acids is 1. The van der Waals surface area contributed by atoms with Gasteiger partial charge in [0.15, 0.2) is 11.6 Å². The molecule has 0 aliphatic carbocycles. The number of aliphatic hydroxyl groups is 1. The van der Waals surface area contributed by atoms with Crippen LogP contribution >= 0.6 is 0 Å². The minimum atomic E-state index is -1.32. The number of azide groups is 1. The molecule has 1 aliphatic rings. The second kappa shape index (κ2) is 15.0. The van der Waals surface area contributed by atoms with Crippen LogP contribution < -0.4 is 10.1 Å².